The van der Waals surface area contributed by atoms with Gasteiger partial charge in [-0.2, -0.15) is 0 Å². The predicted octanol–water partition coefficient (Wildman–Crippen LogP) is 2.94. The van der Waals surface area contributed by atoms with E-state index in [0.29, 0.717) is 0 Å². The summed E-state index contributed by atoms with van der Waals surface area (Å²) in [7, 11) is 0. The summed E-state index contributed by atoms with van der Waals surface area (Å²) < 4.78 is 0. The van der Waals surface area contributed by atoms with Crippen molar-refractivity contribution in [3.05, 3.63) is 39.8 Å². The summed E-state index contributed by atoms with van der Waals surface area (Å²) in [6.07, 6.45) is 2.56. The van der Waals surface area contributed by atoms with E-state index in [9.17, 15) is 4.79 Å². The van der Waals surface area contributed by atoms with E-state index >= 15 is 0 Å². The molecule has 0 aliphatic rings. The van der Waals surface area contributed by atoms with Crippen LogP contribution in [-0.2, 0) is 6.42 Å². The van der Waals surface area contributed by atoms with E-state index in [4.69, 9.17) is 0 Å². The number of H-pyrrole nitrogens is 1. The number of hydrogen-bond acceptors (Lipinski definition) is 2. The molecule has 2 aromatic rings. The highest BCUT2D eigenvalue weighted by Crippen LogP contribution is 2.22. The first-order valence-corrected chi connectivity index (χ1v) is 6.19. The Balaban J connectivity index is 2.67. The summed E-state index contributed by atoms with van der Waals surface area (Å²) in [6.45, 7) is 3.99. The first-order valence-electron chi connectivity index (χ1n) is 5.27. The second kappa shape index (κ2) is 4.37. The molecule has 0 amide bonds. The minimum Gasteiger partial charge on any atom is -0.320 e. The van der Waals surface area contributed by atoms with E-state index in [1.165, 1.54) is 0 Å². The van der Waals surface area contributed by atoms with Crippen LogP contribution in [0.3, 0.4) is 0 Å². The minimum absolute atomic E-state index is 0.0174. The first kappa shape index (κ1) is 11.3. The molecule has 0 spiro atoms. The van der Waals surface area contributed by atoms with Crippen molar-refractivity contribution < 1.29 is 0 Å². The first-order chi connectivity index (χ1) is 7.61. The van der Waals surface area contributed by atoms with Crippen molar-refractivity contribution in [1.29, 1.82) is 0 Å². The molecule has 1 unspecified atom stereocenters. The van der Waals surface area contributed by atoms with Crippen LogP contribution < -0.4 is 5.56 Å². The van der Waals surface area contributed by atoms with Gasteiger partial charge in [-0.25, -0.2) is 0 Å². The van der Waals surface area contributed by atoms with Gasteiger partial charge in [0.2, 0.25) is 0 Å². The van der Waals surface area contributed by atoms with Crippen LogP contribution in [0.4, 0.5) is 0 Å². The fraction of sp³-hybridized carbons (Fsp3) is 0.333. The molecule has 84 valence electrons. The zero-order chi connectivity index (χ0) is 11.7. The molecule has 3 nitrogen and oxygen atoms in total. The maximum absolute atomic E-state index is 11.7. The average Bonchev–Trinajstić information content (AvgIpc) is 2.27. The molecular formula is C12H13BrN2O. The highest BCUT2D eigenvalue weighted by atomic mass is 79.9. The topological polar surface area (TPSA) is 45.8 Å². The van der Waals surface area contributed by atoms with E-state index in [-0.39, 0.29) is 10.4 Å². The van der Waals surface area contributed by atoms with Crippen LogP contribution in [0.2, 0.25) is 0 Å². The third kappa shape index (κ3) is 2.02. The second-order valence-corrected chi connectivity index (χ2v) is 5.17. The van der Waals surface area contributed by atoms with Gasteiger partial charge < -0.3 is 4.98 Å². The molecule has 0 bridgehead atoms. The lowest BCUT2D eigenvalue weighted by molar-refractivity contribution is 1.06. The van der Waals surface area contributed by atoms with Gasteiger partial charge >= 0.3 is 0 Å². The van der Waals surface area contributed by atoms with E-state index < -0.39 is 0 Å². The monoisotopic (exact) mass is 280 g/mol. The van der Waals surface area contributed by atoms with Crippen LogP contribution in [0.15, 0.2) is 23.1 Å². The Morgan fingerprint density at radius 1 is 1.50 bits per heavy atom. The number of nitrogens with zero attached hydrogens (tertiary/aromatic N) is 1. The molecule has 4 heteroatoms. The number of aryl methyl sites for hydroxylation is 1. The quantitative estimate of drug-likeness (QED) is 0.860. The van der Waals surface area contributed by atoms with Gasteiger partial charge in [0, 0.05) is 16.6 Å². The fourth-order valence-electron chi connectivity index (χ4n) is 1.62. The van der Waals surface area contributed by atoms with Crippen molar-refractivity contribution >= 4 is 27.0 Å². The maximum Gasteiger partial charge on any atom is 0.251 e. The maximum atomic E-state index is 11.7. The second-order valence-electron chi connectivity index (χ2n) is 3.79. The van der Waals surface area contributed by atoms with Crippen LogP contribution in [0.25, 0.3) is 11.0 Å². The van der Waals surface area contributed by atoms with Crippen LogP contribution in [0.1, 0.15) is 29.8 Å². The van der Waals surface area contributed by atoms with Gasteiger partial charge in [0.1, 0.15) is 0 Å². The summed E-state index contributed by atoms with van der Waals surface area (Å²) >= 11 is 3.48. The van der Waals surface area contributed by atoms with Gasteiger partial charge in [-0.05, 0) is 31.0 Å². The molecule has 0 aliphatic carbocycles. The zero-order valence-electron chi connectivity index (χ0n) is 9.25. The molecule has 2 heterocycles. The van der Waals surface area contributed by atoms with Gasteiger partial charge in [0.15, 0.2) is 0 Å². The molecule has 0 saturated heterocycles. The number of hydrogen-bond donors (Lipinski definition) is 1. The molecule has 0 radical (unpaired) electrons. The smallest absolute Gasteiger partial charge is 0.251 e. The van der Waals surface area contributed by atoms with Gasteiger partial charge in [-0.3, -0.25) is 9.78 Å². The molecule has 0 saturated carbocycles. The van der Waals surface area contributed by atoms with Crippen molar-refractivity contribution in [2.24, 2.45) is 0 Å². The van der Waals surface area contributed by atoms with Crippen LogP contribution in [0, 0.1) is 0 Å². The number of pyridine rings is 2. The van der Waals surface area contributed by atoms with Crippen molar-refractivity contribution in [2.75, 3.05) is 0 Å². The summed E-state index contributed by atoms with van der Waals surface area (Å²) in [5.41, 5.74) is 3.46. The summed E-state index contributed by atoms with van der Waals surface area (Å²) in [5.74, 6) is 0. The van der Waals surface area contributed by atoms with E-state index in [1.54, 1.807) is 0 Å². The lowest BCUT2D eigenvalue weighted by Gasteiger charge is -2.05. The van der Waals surface area contributed by atoms with Crippen molar-refractivity contribution in [1.82, 2.24) is 9.97 Å². The molecule has 2 aromatic heterocycles. The van der Waals surface area contributed by atoms with Gasteiger partial charge in [-0.15, -0.1) is 0 Å². The molecule has 0 aromatic carbocycles. The van der Waals surface area contributed by atoms with Crippen molar-refractivity contribution in [2.45, 2.75) is 25.1 Å². The number of fused-ring (bicyclic) bond motifs is 1. The normalized spacial score (nSPS) is 12.9. The molecule has 1 atom stereocenters. The molecule has 0 aliphatic heterocycles. The summed E-state index contributed by atoms with van der Waals surface area (Å²) in [4.78, 5) is 19.1. The fourth-order valence-corrected chi connectivity index (χ4v) is 1.87. The van der Waals surface area contributed by atoms with Crippen LogP contribution in [-0.4, -0.2) is 9.97 Å². The Labute approximate surface area is 102 Å². The Morgan fingerprint density at radius 2 is 2.25 bits per heavy atom. The standard InChI is InChI=1S/C12H13BrN2O/c1-3-8-4-10-11(15-12(8)16)5-9(6-14-10)7(2)13/h4-7H,3H2,1-2H3,(H,15,16). The molecule has 2 rings (SSSR count). The lowest BCUT2D eigenvalue weighted by Crippen LogP contribution is -2.11. The highest BCUT2D eigenvalue weighted by molar-refractivity contribution is 9.09. The Bertz CT molecular complexity index is 575. The predicted molar refractivity (Wildman–Crippen MR) is 69.1 cm³/mol. The largest absolute Gasteiger partial charge is 0.320 e. The zero-order valence-corrected chi connectivity index (χ0v) is 10.8. The number of alkyl halides is 1. The molecule has 1 N–H and O–H groups in total. The minimum atomic E-state index is -0.0174. The third-order valence-electron chi connectivity index (χ3n) is 2.63. The Hall–Kier alpha value is -1.16. The van der Waals surface area contributed by atoms with E-state index in [1.807, 2.05) is 32.2 Å². The molecule has 0 fully saturated rings. The number of rotatable bonds is 2. The Kier molecular flexibility index (Phi) is 3.10. The summed E-state index contributed by atoms with van der Waals surface area (Å²) in [5, 5.41) is 0. The number of aromatic amines is 1. The number of halogens is 1. The number of nitrogens with one attached hydrogen (secondary N) is 1. The van der Waals surface area contributed by atoms with Crippen molar-refractivity contribution in [3.8, 4) is 0 Å². The van der Waals surface area contributed by atoms with Crippen LogP contribution >= 0.6 is 15.9 Å². The number of aromatic nitrogens is 2. The summed E-state index contributed by atoms with van der Waals surface area (Å²) in [6, 6.07) is 3.82. The SMILES string of the molecule is CCc1cc2ncc(C(C)Br)cc2[nH]c1=O. The average molecular weight is 281 g/mol. The molecular weight excluding hydrogens is 268 g/mol. The Morgan fingerprint density at radius 3 is 2.88 bits per heavy atom. The lowest BCUT2D eigenvalue weighted by atomic mass is 10.1. The van der Waals surface area contributed by atoms with E-state index in [2.05, 4.69) is 25.9 Å². The van der Waals surface area contributed by atoms with Crippen molar-refractivity contribution in [3.63, 3.8) is 0 Å². The van der Waals surface area contributed by atoms with Crippen LogP contribution in [0.5, 0.6) is 0 Å². The molecule has 16 heavy (non-hydrogen) atoms. The van der Waals surface area contributed by atoms with Gasteiger partial charge in [0.25, 0.3) is 5.56 Å². The highest BCUT2D eigenvalue weighted by Gasteiger charge is 2.05. The third-order valence-corrected chi connectivity index (χ3v) is 3.16. The van der Waals surface area contributed by atoms with Gasteiger partial charge in [0.05, 0.1) is 11.0 Å². The van der Waals surface area contributed by atoms with Gasteiger partial charge in [-0.1, -0.05) is 22.9 Å². The van der Waals surface area contributed by atoms with E-state index in [0.717, 1.165) is 28.6 Å².